The van der Waals surface area contributed by atoms with Crippen molar-refractivity contribution in [3.63, 3.8) is 0 Å². The first kappa shape index (κ1) is 15.4. The van der Waals surface area contributed by atoms with Crippen LogP contribution in [0.1, 0.15) is 51.9 Å². The number of ether oxygens (including phenoxy) is 1. The molecule has 2 unspecified atom stereocenters. The molecule has 2 atom stereocenters. The lowest BCUT2D eigenvalue weighted by atomic mass is 9.85. The van der Waals surface area contributed by atoms with Crippen molar-refractivity contribution in [3.05, 3.63) is 0 Å². The van der Waals surface area contributed by atoms with Gasteiger partial charge in [0.2, 0.25) is 0 Å². The molecule has 4 heteroatoms. The van der Waals surface area contributed by atoms with Crippen molar-refractivity contribution < 1.29 is 14.6 Å². The number of aliphatic hydroxyl groups excluding tert-OH is 1. The van der Waals surface area contributed by atoms with E-state index in [1.54, 1.807) is 0 Å². The van der Waals surface area contributed by atoms with E-state index in [4.69, 9.17) is 9.84 Å². The summed E-state index contributed by atoms with van der Waals surface area (Å²) >= 11 is 0. The van der Waals surface area contributed by atoms with Crippen LogP contribution in [-0.4, -0.2) is 36.9 Å². The lowest BCUT2D eigenvalue weighted by Crippen LogP contribution is -2.37. The van der Waals surface area contributed by atoms with E-state index in [1.807, 2.05) is 6.92 Å². The van der Waals surface area contributed by atoms with Crippen LogP contribution in [0.25, 0.3) is 0 Å². The molecule has 0 heterocycles. The van der Waals surface area contributed by atoms with E-state index < -0.39 is 0 Å². The molecule has 106 valence electrons. The maximum Gasteiger partial charge on any atom is 0.308 e. The van der Waals surface area contributed by atoms with Crippen molar-refractivity contribution in [2.75, 3.05) is 19.8 Å². The van der Waals surface area contributed by atoms with E-state index in [1.165, 1.54) is 0 Å². The first-order chi connectivity index (χ1) is 8.77. The molecule has 0 aromatic carbocycles. The van der Waals surface area contributed by atoms with Gasteiger partial charge in [-0.25, -0.2) is 0 Å². The molecule has 0 saturated heterocycles. The van der Waals surface area contributed by atoms with E-state index in [0.717, 1.165) is 51.5 Å². The molecule has 0 aliphatic heterocycles. The Balaban J connectivity index is 2.16. The number of rotatable bonds is 8. The van der Waals surface area contributed by atoms with Crippen LogP contribution >= 0.6 is 0 Å². The summed E-state index contributed by atoms with van der Waals surface area (Å²) in [6.45, 7) is 3.61. The Kier molecular flexibility index (Phi) is 8.01. The second-order valence-electron chi connectivity index (χ2n) is 5.05. The first-order valence-electron chi connectivity index (χ1n) is 7.28. The summed E-state index contributed by atoms with van der Waals surface area (Å²) < 4.78 is 5.09. The molecule has 0 bridgehead atoms. The lowest BCUT2D eigenvalue weighted by molar-refractivity contribution is -0.149. The van der Waals surface area contributed by atoms with Crippen LogP contribution in [0, 0.1) is 5.92 Å². The molecule has 0 radical (unpaired) electrons. The van der Waals surface area contributed by atoms with Crippen LogP contribution in [0.2, 0.25) is 0 Å². The number of hydrogen-bond donors (Lipinski definition) is 2. The van der Waals surface area contributed by atoms with Gasteiger partial charge in [-0.2, -0.15) is 0 Å². The van der Waals surface area contributed by atoms with Gasteiger partial charge in [-0.05, 0) is 52.0 Å². The molecule has 4 nitrogen and oxygen atoms in total. The second-order valence-corrected chi connectivity index (χ2v) is 5.05. The summed E-state index contributed by atoms with van der Waals surface area (Å²) in [5.41, 5.74) is 0. The van der Waals surface area contributed by atoms with Gasteiger partial charge in [0.1, 0.15) is 0 Å². The minimum Gasteiger partial charge on any atom is -0.466 e. The van der Waals surface area contributed by atoms with Crippen molar-refractivity contribution in [2.45, 2.75) is 57.9 Å². The molecule has 0 amide bonds. The molecule has 18 heavy (non-hydrogen) atoms. The fraction of sp³-hybridized carbons (Fsp3) is 0.929. The number of carbonyl (C=O) groups excluding carboxylic acids is 1. The van der Waals surface area contributed by atoms with E-state index in [-0.39, 0.29) is 18.5 Å². The molecule has 1 saturated carbocycles. The van der Waals surface area contributed by atoms with E-state index in [0.29, 0.717) is 12.6 Å². The zero-order valence-corrected chi connectivity index (χ0v) is 11.5. The third-order valence-electron chi connectivity index (χ3n) is 3.56. The average molecular weight is 257 g/mol. The minimum absolute atomic E-state index is 0.0238. The number of hydrogen-bond acceptors (Lipinski definition) is 4. The predicted molar refractivity (Wildman–Crippen MR) is 71.3 cm³/mol. The monoisotopic (exact) mass is 257 g/mol. The molecule has 1 rings (SSSR count). The van der Waals surface area contributed by atoms with Gasteiger partial charge < -0.3 is 15.2 Å². The molecular weight excluding hydrogens is 230 g/mol. The summed E-state index contributed by atoms with van der Waals surface area (Å²) in [5, 5.41) is 12.2. The van der Waals surface area contributed by atoms with Gasteiger partial charge in [-0.3, -0.25) is 4.79 Å². The Labute approximate surface area is 110 Å². The summed E-state index contributed by atoms with van der Waals surface area (Å²) in [6.07, 6.45) is 7.21. The van der Waals surface area contributed by atoms with Crippen molar-refractivity contribution in [3.8, 4) is 0 Å². The molecule has 0 aromatic rings. The van der Waals surface area contributed by atoms with Crippen molar-refractivity contribution in [1.82, 2.24) is 5.32 Å². The van der Waals surface area contributed by atoms with E-state index >= 15 is 0 Å². The van der Waals surface area contributed by atoms with E-state index in [9.17, 15) is 4.79 Å². The standard InChI is InChI=1S/C14H27NO3/c1-2-18-14(17)12-7-6-8-13(11-12)15-9-4-3-5-10-16/h12-13,15-16H,2-11H2,1H3. The maximum atomic E-state index is 11.7. The zero-order chi connectivity index (χ0) is 13.2. The normalized spacial score (nSPS) is 23.9. The van der Waals surface area contributed by atoms with Crippen LogP contribution in [-0.2, 0) is 9.53 Å². The maximum absolute atomic E-state index is 11.7. The number of esters is 1. The van der Waals surface area contributed by atoms with Crippen LogP contribution < -0.4 is 5.32 Å². The third-order valence-corrected chi connectivity index (χ3v) is 3.56. The Hall–Kier alpha value is -0.610. The molecule has 0 aromatic heterocycles. The third kappa shape index (κ3) is 5.83. The highest BCUT2D eigenvalue weighted by atomic mass is 16.5. The van der Waals surface area contributed by atoms with Crippen LogP contribution in [0.3, 0.4) is 0 Å². The van der Waals surface area contributed by atoms with Gasteiger partial charge in [0.25, 0.3) is 0 Å². The van der Waals surface area contributed by atoms with Gasteiger partial charge in [-0.1, -0.05) is 6.42 Å². The second kappa shape index (κ2) is 9.34. The number of nitrogens with one attached hydrogen (secondary N) is 1. The summed E-state index contributed by atoms with van der Waals surface area (Å²) in [7, 11) is 0. The summed E-state index contributed by atoms with van der Waals surface area (Å²) in [4.78, 5) is 11.7. The van der Waals surface area contributed by atoms with E-state index in [2.05, 4.69) is 5.32 Å². The topological polar surface area (TPSA) is 58.6 Å². The number of unbranched alkanes of at least 4 members (excludes halogenated alkanes) is 2. The Morgan fingerprint density at radius 1 is 1.33 bits per heavy atom. The highest BCUT2D eigenvalue weighted by Crippen LogP contribution is 2.25. The molecule has 1 fully saturated rings. The summed E-state index contributed by atoms with van der Waals surface area (Å²) in [5.74, 6) is 0.0675. The Morgan fingerprint density at radius 3 is 2.89 bits per heavy atom. The van der Waals surface area contributed by atoms with Gasteiger partial charge in [0.05, 0.1) is 12.5 Å². The van der Waals surface area contributed by atoms with Gasteiger partial charge in [0, 0.05) is 12.6 Å². The smallest absolute Gasteiger partial charge is 0.308 e. The highest BCUT2D eigenvalue weighted by molar-refractivity contribution is 5.72. The van der Waals surface area contributed by atoms with Crippen LogP contribution in [0.4, 0.5) is 0 Å². The highest BCUT2D eigenvalue weighted by Gasteiger charge is 2.27. The largest absolute Gasteiger partial charge is 0.466 e. The van der Waals surface area contributed by atoms with Crippen LogP contribution in [0.15, 0.2) is 0 Å². The first-order valence-corrected chi connectivity index (χ1v) is 7.28. The fourth-order valence-electron chi connectivity index (χ4n) is 2.57. The lowest BCUT2D eigenvalue weighted by Gasteiger charge is -2.28. The van der Waals surface area contributed by atoms with Gasteiger partial charge in [-0.15, -0.1) is 0 Å². The summed E-state index contributed by atoms with van der Waals surface area (Å²) in [6, 6.07) is 0.460. The Bertz CT molecular complexity index is 233. The average Bonchev–Trinajstić information content (AvgIpc) is 2.39. The SMILES string of the molecule is CCOC(=O)C1CCCC(NCCCCCO)C1. The molecule has 1 aliphatic carbocycles. The molecule has 2 N–H and O–H groups in total. The molecule has 1 aliphatic rings. The van der Waals surface area contributed by atoms with Gasteiger partial charge in [0.15, 0.2) is 0 Å². The van der Waals surface area contributed by atoms with Crippen molar-refractivity contribution >= 4 is 5.97 Å². The molecular formula is C14H27NO3. The fourth-order valence-corrected chi connectivity index (χ4v) is 2.57. The predicted octanol–water partition coefficient (Wildman–Crippen LogP) is 1.86. The molecule has 0 spiro atoms. The van der Waals surface area contributed by atoms with Crippen LogP contribution in [0.5, 0.6) is 0 Å². The van der Waals surface area contributed by atoms with Crippen molar-refractivity contribution in [1.29, 1.82) is 0 Å². The minimum atomic E-state index is -0.0238. The number of aliphatic hydroxyl groups is 1. The number of carbonyl (C=O) groups is 1. The quantitative estimate of drug-likeness (QED) is 0.515. The van der Waals surface area contributed by atoms with Gasteiger partial charge >= 0.3 is 5.97 Å². The van der Waals surface area contributed by atoms with Crippen molar-refractivity contribution in [2.24, 2.45) is 5.92 Å². The zero-order valence-electron chi connectivity index (χ0n) is 11.5. The Morgan fingerprint density at radius 2 is 2.17 bits per heavy atom.